The molecule has 2 aromatic carbocycles. The Balaban J connectivity index is 2.77. The Morgan fingerprint density at radius 3 is 1.84 bits per heavy atom. The molecule has 25 heavy (non-hydrogen) atoms. The smallest absolute Gasteiger partial charge is 0.0304 e. The van der Waals surface area contributed by atoms with Crippen LogP contribution in [-0.4, -0.2) is 0 Å². The molecule has 0 fully saturated rings. The normalized spacial score (nSPS) is 15.3. The van der Waals surface area contributed by atoms with E-state index < -0.39 is 0 Å². The molecule has 138 valence electrons. The van der Waals surface area contributed by atoms with Gasteiger partial charge in [-0.3, -0.25) is 0 Å². The quantitative estimate of drug-likeness (QED) is 0.583. The summed E-state index contributed by atoms with van der Waals surface area (Å²) < 4.78 is 0. The van der Waals surface area contributed by atoms with Gasteiger partial charge in [-0.2, -0.15) is 0 Å². The lowest BCUT2D eigenvalue weighted by molar-refractivity contribution is 0.572. The number of benzene rings is 2. The third-order valence-electron chi connectivity index (χ3n) is 5.10. The molecular weight excluding hydrogens is 306 g/mol. The first-order valence-corrected chi connectivity index (χ1v) is 9.87. The van der Waals surface area contributed by atoms with Crippen LogP contribution in [0.1, 0.15) is 94.1 Å². The number of hydrogen-bond acceptors (Lipinski definition) is 3. The Morgan fingerprint density at radius 2 is 1.24 bits per heavy atom. The molecule has 3 nitrogen and oxygen atoms in total. The lowest BCUT2D eigenvalue weighted by atomic mass is 9.81. The van der Waals surface area contributed by atoms with Gasteiger partial charge in [0.15, 0.2) is 0 Å². The van der Waals surface area contributed by atoms with E-state index in [0.29, 0.717) is 0 Å². The second-order valence-electron chi connectivity index (χ2n) is 7.20. The van der Waals surface area contributed by atoms with Crippen LogP contribution in [0.5, 0.6) is 0 Å². The third kappa shape index (κ3) is 4.41. The second kappa shape index (κ2) is 9.33. The molecule has 3 atom stereocenters. The molecule has 2 aromatic rings. The van der Waals surface area contributed by atoms with Gasteiger partial charge in [-0.15, -0.1) is 0 Å². The zero-order valence-electron chi connectivity index (χ0n) is 16.1. The van der Waals surface area contributed by atoms with Crippen molar-refractivity contribution in [3.63, 3.8) is 0 Å². The average Bonchev–Trinajstić information content (AvgIpc) is 2.60. The van der Waals surface area contributed by atoms with Gasteiger partial charge in [0, 0.05) is 18.1 Å². The topological polar surface area (TPSA) is 78.1 Å². The standard InChI is InChI=1S/C22H35N3/c1-4-9-18(23)17-14-15-12-7-8-13-16(15)21(19(24)10-5-2)22(17)20(25)11-6-3/h7-8,12-14,18-20H,4-6,9-11,23-25H2,1-3H3. The van der Waals surface area contributed by atoms with Gasteiger partial charge < -0.3 is 17.2 Å². The maximum atomic E-state index is 6.65. The first-order valence-electron chi connectivity index (χ1n) is 9.87. The van der Waals surface area contributed by atoms with Gasteiger partial charge in [0.05, 0.1) is 0 Å². The van der Waals surface area contributed by atoms with Crippen molar-refractivity contribution >= 4 is 10.8 Å². The van der Waals surface area contributed by atoms with Crippen molar-refractivity contribution in [2.45, 2.75) is 77.4 Å². The van der Waals surface area contributed by atoms with Gasteiger partial charge in [0.2, 0.25) is 0 Å². The Bertz CT molecular complexity index is 680. The number of fused-ring (bicyclic) bond motifs is 1. The fourth-order valence-electron chi connectivity index (χ4n) is 3.91. The molecule has 0 aliphatic carbocycles. The number of rotatable bonds is 9. The summed E-state index contributed by atoms with van der Waals surface area (Å²) in [7, 11) is 0. The molecule has 0 spiro atoms. The molecule has 2 rings (SSSR count). The van der Waals surface area contributed by atoms with Crippen LogP contribution in [0.25, 0.3) is 10.8 Å². The van der Waals surface area contributed by atoms with Gasteiger partial charge >= 0.3 is 0 Å². The fraction of sp³-hybridized carbons (Fsp3) is 0.545. The highest BCUT2D eigenvalue weighted by Gasteiger charge is 2.24. The predicted molar refractivity (Wildman–Crippen MR) is 109 cm³/mol. The van der Waals surface area contributed by atoms with E-state index in [2.05, 4.69) is 51.1 Å². The van der Waals surface area contributed by atoms with Crippen molar-refractivity contribution in [3.05, 3.63) is 47.0 Å². The predicted octanol–water partition coefficient (Wildman–Crippen LogP) is 5.24. The van der Waals surface area contributed by atoms with E-state index in [-0.39, 0.29) is 18.1 Å². The minimum absolute atomic E-state index is 0.00147. The molecule has 6 N–H and O–H groups in total. The zero-order chi connectivity index (χ0) is 18.4. The summed E-state index contributed by atoms with van der Waals surface area (Å²) in [5.74, 6) is 0. The summed E-state index contributed by atoms with van der Waals surface area (Å²) in [6, 6.07) is 10.8. The van der Waals surface area contributed by atoms with E-state index in [1.54, 1.807) is 0 Å². The first kappa shape index (κ1) is 19.9. The Hall–Kier alpha value is -1.42. The monoisotopic (exact) mass is 341 g/mol. The van der Waals surface area contributed by atoms with Crippen molar-refractivity contribution < 1.29 is 0 Å². The van der Waals surface area contributed by atoms with Crippen LogP contribution in [0, 0.1) is 0 Å². The highest BCUT2D eigenvalue weighted by Crippen LogP contribution is 2.38. The van der Waals surface area contributed by atoms with Crippen LogP contribution in [0.3, 0.4) is 0 Å². The van der Waals surface area contributed by atoms with Crippen molar-refractivity contribution in [3.8, 4) is 0 Å². The SMILES string of the molecule is CCCC(N)c1cc2ccccc2c(C(N)CCC)c1C(N)CCC. The van der Waals surface area contributed by atoms with Crippen LogP contribution in [0.15, 0.2) is 30.3 Å². The summed E-state index contributed by atoms with van der Waals surface area (Å²) in [4.78, 5) is 0. The maximum absolute atomic E-state index is 6.65. The Morgan fingerprint density at radius 1 is 0.720 bits per heavy atom. The summed E-state index contributed by atoms with van der Waals surface area (Å²) in [5.41, 5.74) is 23.5. The fourth-order valence-corrected chi connectivity index (χ4v) is 3.91. The van der Waals surface area contributed by atoms with Crippen molar-refractivity contribution in [1.82, 2.24) is 0 Å². The first-order chi connectivity index (χ1) is 12.0. The Kier molecular flexibility index (Phi) is 7.42. The molecule has 3 unspecified atom stereocenters. The van der Waals surface area contributed by atoms with Crippen LogP contribution in [-0.2, 0) is 0 Å². The van der Waals surface area contributed by atoms with Crippen LogP contribution in [0.4, 0.5) is 0 Å². The molecule has 3 heteroatoms. The summed E-state index contributed by atoms with van der Waals surface area (Å²) in [6.07, 6.45) is 6.06. The van der Waals surface area contributed by atoms with E-state index >= 15 is 0 Å². The van der Waals surface area contributed by atoms with Crippen molar-refractivity contribution in [2.24, 2.45) is 17.2 Å². The third-order valence-corrected chi connectivity index (χ3v) is 5.10. The van der Waals surface area contributed by atoms with Gasteiger partial charge in [-0.05, 0) is 52.8 Å². The van der Waals surface area contributed by atoms with Crippen LogP contribution < -0.4 is 17.2 Å². The van der Waals surface area contributed by atoms with E-state index in [4.69, 9.17) is 17.2 Å². The van der Waals surface area contributed by atoms with E-state index in [9.17, 15) is 0 Å². The van der Waals surface area contributed by atoms with Gasteiger partial charge in [-0.1, -0.05) is 64.3 Å². The molecule has 0 bridgehead atoms. The molecule has 0 aliphatic heterocycles. The summed E-state index contributed by atoms with van der Waals surface area (Å²) in [6.45, 7) is 6.54. The molecule has 0 saturated carbocycles. The van der Waals surface area contributed by atoms with Gasteiger partial charge in [0.25, 0.3) is 0 Å². The van der Waals surface area contributed by atoms with E-state index in [0.717, 1.165) is 38.5 Å². The minimum atomic E-state index is -0.00887. The Labute approximate surface area is 153 Å². The zero-order valence-corrected chi connectivity index (χ0v) is 16.1. The van der Waals surface area contributed by atoms with E-state index in [1.165, 1.54) is 27.5 Å². The summed E-state index contributed by atoms with van der Waals surface area (Å²) in [5, 5.41) is 2.45. The molecule has 0 aromatic heterocycles. The highest BCUT2D eigenvalue weighted by molar-refractivity contribution is 5.88. The maximum Gasteiger partial charge on any atom is 0.0304 e. The second-order valence-corrected chi connectivity index (χ2v) is 7.20. The average molecular weight is 342 g/mol. The summed E-state index contributed by atoms with van der Waals surface area (Å²) >= 11 is 0. The molecule has 0 aliphatic rings. The highest BCUT2D eigenvalue weighted by atomic mass is 14.7. The molecular formula is C22H35N3. The van der Waals surface area contributed by atoms with Crippen LogP contribution >= 0.6 is 0 Å². The lowest BCUT2D eigenvalue weighted by Gasteiger charge is -2.28. The number of nitrogens with two attached hydrogens (primary N) is 3. The van der Waals surface area contributed by atoms with Gasteiger partial charge in [-0.25, -0.2) is 0 Å². The van der Waals surface area contributed by atoms with Crippen molar-refractivity contribution in [2.75, 3.05) is 0 Å². The number of hydrogen-bond donors (Lipinski definition) is 3. The molecule has 0 radical (unpaired) electrons. The minimum Gasteiger partial charge on any atom is -0.324 e. The molecule has 0 saturated heterocycles. The van der Waals surface area contributed by atoms with E-state index in [1.807, 2.05) is 0 Å². The van der Waals surface area contributed by atoms with Crippen LogP contribution in [0.2, 0.25) is 0 Å². The lowest BCUT2D eigenvalue weighted by Crippen LogP contribution is -2.23. The van der Waals surface area contributed by atoms with Gasteiger partial charge in [0.1, 0.15) is 0 Å². The molecule has 0 amide bonds. The molecule has 0 heterocycles. The largest absolute Gasteiger partial charge is 0.324 e. The van der Waals surface area contributed by atoms with Crippen molar-refractivity contribution in [1.29, 1.82) is 0 Å².